The summed E-state index contributed by atoms with van der Waals surface area (Å²) in [7, 11) is 0. The summed E-state index contributed by atoms with van der Waals surface area (Å²) in [5, 5.41) is 1.65. The van der Waals surface area contributed by atoms with Gasteiger partial charge in [0.25, 0.3) is 0 Å². The maximum atomic E-state index is 12.6. The lowest BCUT2D eigenvalue weighted by Crippen LogP contribution is -2.06. The summed E-state index contributed by atoms with van der Waals surface area (Å²) in [4.78, 5) is 16.9. The molecule has 0 spiro atoms. The number of hydrogen-bond acceptors (Lipinski definition) is 2. The second-order valence-corrected chi connectivity index (χ2v) is 5.41. The Morgan fingerprint density at radius 2 is 1.90 bits per heavy atom. The summed E-state index contributed by atoms with van der Waals surface area (Å²) in [6.45, 7) is 1.88. The number of ketones is 1. The number of hydrogen-bond donors (Lipinski definition) is 0. The van der Waals surface area contributed by atoms with Gasteiger partial charge in [-0.05, 0) is 36.2 Å². The minimum Gasteiger partial charge on any atom is -0.294 e. The van der Waals surface area contributed by atoms with E-state index in [4.69, 9.17) is 11.6 Å². The van der Waals surface area contributed by atoms with Gasteiger partial charge in [0.15, 0.2) is 5.78 Å². The van der Waals surface area contributed by atoms with Crippen molar-refractivity contribution in [3.05, 3.63) is 76.4 Å². The number of fused-ring (bicyclic) bond motifs is 1. The molecule has 104 valence electrons. The van der Waals surface area contributed by atoms with Gasteiger partial charge in [-0.3, -0.25) is 9.78 Å². The molecule has 1 aromatic heterocycles. The quantitative estimate of drug-likeness (QED) is 0.660. The number of benzene rings is 2. The Hall–Kier alpha value is -2.19. The summed E-state index contributed by atoms with van der Waals surface area (Å²) in [6, 6.07) is 15.2. The van der Waals surface area contributed by atoms with Gasteiger partial charge in [0.05, 0.1) is 5.52 Å². The van der Waals surface area contributed by atoms with Crippen molar-refractivity contribution >= 4 is 28.3 Å². The molecule has 2 nitrogen and oxygen atoms in total. The predicted octanol–water partition coefficient (Wildman–Crippen LogP) is 4.62. The predicted molar refractivity (Wildman–Crippen MR) is 86.0 cm³/mol. The molecule has 0 unspecified atom stereocenters. The van der Waals surface area contributed by atoms with Gasteiger partial charge in [0, 0.05) is 28.6 Å². The summed E-state index contributed by atoms with van der Waals surface area (Å²) in [5.74, 6) is 0.0753. The topological polar surface area (TPSA) is 30.0 Å². The molecule has 0 bridgehead atoms. The number of carbonyl (C=O) groups excluding carboxylic acids is 1. The third kappa shape index (κ3) is 2.67. The van der Waals surface area contributed by atoms with Gasteiger partial charge in [-0.25, -0.2) is 0 Å². The Labute approximate surface area is 128 Å². The van der Waals surface area contributed by atoms with Gasteiger partial charge in [-0.1, -0.05) is 41.9 Å². The van der Waals surface area contributed by atoms with Gasteiger partial charge >= 0.3 is 0 Å². The van der Waals surface area contributed by atoms with Crippen molar-refractivity contribution in [3.8, 4) is 0 Å². The summed E-state index contributed by atoms with van der Waals surface area (Å²) < 4.78 is 0. The number of aromatic nitrogens is 1. The van der Waals surface area contributed by atoms with E-state index in [-0.39, 0.29) is 5.78 Å². The van der Waals surface area contributed by atoms with E-state index in [1.54, 1.807) is 12.3 Å². The van der Waals surface area contributed by atoms with Crippen LogP contribution in [0.3, 0.4) is 0 Å². The van der Waals surface area contributed by atoms with Crippen LogP contribution in [0.2, 0.25) is 5.02 Å². The zero-order valence-corrected chi connectivity index (χ0v) is 12.4. The van der Waals surface area contributed by atoms with Crippen molar-refractivity contribution < 1.29 is 4.79 Å². The molecule has 0 amide bonds. The van der Waals surface area contributed by atoms with Crippen LogP contribution in [-0.4, -0.2) is 10.8 Å². The largest absolute Gasteiger partial charge is 0.294 e. The fourth-order valence-electron chi connectivity index (χ4n) is 2.49. The van der Waals surface area contributed by atoms with Crippen LogP contribution in [0.25, 0.3) is 10.9 Å². The minimum atomic E-state index is 0.0753. The molecule has 3 aromatic rings. The highest BCUT2D eigenvalue weighted by Crippen LogP contribution is 2.22. The third-order valence-electron chi connectivity index (χ3n) is 3.66. The van der Waals surface area contributed by atoms with Gasteiger partial charge < -0.3 is 0 Å². The standard InChI is InChI=1S/C18H14ClNO/c1-12-14(6-4-7-16(12)19)18(21)11-13-9-10-20-17-8-3-2-5-15(13)17/h2-10H,11H2,1H3. The first-order valence-corrected chi connectivity index (χ1v) is 7.15. The first kappa shape index (κ1) is 13.8. The van der Waals surface area contributed by atoms with Crippen LogP contribution in [0.15, 0.2) is 54.7 Å². The normalized spacial score (nSPS) is 10.8. The van der Waals surface area contributed by atoms with E-state index in [1.165, 1.54) is 0 Å². The first-order valence-electron chi connectivity index (χ1n) is 6.78. The average molecular weight is 296 g/mol. The van der Waals surface area contributed by atoms with E-state index in [9.17, 15) is 4.79 Å². The Balaban J connectivity index is 1.99. The molecule has 0 aliphatic rings. The molecule has 1 heterocycles. The van der Waals surface area contributed by atoms with Gasteiger partial charge in [-0.2, -0.15) is 0 Å². The van der Waals surface area contributed by atoms with Crippen molar-refractivity contribution in [2.45, 2.75) is 13.3 Å². The molecular formula is C18H14ClNO. The molecule has 0 N–H and O–H groups in total. The molecule has 0 aliphatic carbocycles. The molecule has 0 saturated carbocycles. The van der Waals surface area contributed by atoms with Crippen LogP contribution < -0.4 is 0 Å². The minimum absolute atomic E-state index is 0.0753. The van der Waals surface area contributed by atoms with Gasteiger partial charge in [0.2, 0.25) is 0 Å². The van der Waals surface area contributed by atoms with Crippen LogP contribution in [-0.2, 0) is 6.42 Å². The lowest BCUT2D eigenvalue weighted by atomic mass is 9.97. The van der Waals surface area contributed by atoms with Crippen LogP contribution in [0, 0.1) is 6.92 Å². The van der Waals surface area contributed by atoms with Crippen LogP contribution in [0.1, 0.15) is 21.5 Å². The van der Waals surface area contributed by atoms with E-state index in [2.05, 4.69) is 4.98 Å². The molecule has 21 heavy (non-hydrogen) atoms. The molecule has 0 radical (unpaired) electrons. The van der Waals surface area contributed by atoms with Crippen molar-refractivity contribution in [2.24, 2.45) is 0 Å². The molecule has 0 aliphatic heterocycles. The van der Waals surface area contributed by atoms with Crippen molar-refractivity contribution in [3.63, 3.8) is 0 Å². The van der Waals surface area contributed by atoms with E-state index in [0.717, 1.165) is 22.0 Å². The Morgan fingerprint density at radius 1 is 1.10 bits per heavy atom. The van der Waals surface area contributed by atoms with Gasteiger partial charge in [0.1, 0.15) is 0 Å². The molecule has 0 fully saturated rings. The molecule has 3 heteroatoms. The molecular weight excluding hydrogens is 282 g/mol. The molecule has 0 atom stereocenters. The second kappa shape index (κ2) is 5.66. The zero-order valence-electron chi connectivity index (χ0n) is 11.6. The van der Waals surface area contributed by atoms with E-state index in [1.807, 2.05) is 49.4 Å². The SMILES string of the molecule is Cc1c(Cl)cccc1C(=O)Cc1ccnc2ccccc12. The summed E-state index contributed by atoms with van der Waals surface area (Å²) in [5.41, 5.74) is 3.42. The number of halogens is 1. The van der Waals surface area contributed by atoms with Crippen LogP contribution >= 0.6 is 11.6 Å². The van der Waals surface area contributed by atoms with Crippen molar-refractivity contribution in [1.29, 1.82) is 0 Å². The smallest absolute Gasteiger partial charge is 0.167 e. The highest BCUT2D eigenvalue weighted by Gasteiger charge is 2.13. The lowest BCUT2D eigenvalue weighted by Gasteiger charge is -2.08. The molecule has 3 rings (SSSR count). The number of para-hydroxylation sites is 1. The highest BCUT2D eigenvalue weighted by atomic mass is 35.5. The number of Topliss-reactive ketones (excluding diaryl/α,β-unsaturated/α-hetero) is 1. The fraction of sp³-hybridized carbons (Fsp3) is 0.111. The Kier molecular flexibility index (Phi) is 3.72. The summed E-state index contributed by atoms with van der Waals surface area (Å²) in [6.07, 6.45) is 2.10. The fourth-order valence-corrected chi connectivity index (χ4v) is 2.66. The van der Waals surface area contributed by atoms with E-state index < -0.39 is 0 Å². The maximum Gasteiger partial charge on any atom is 0.167 e. The first-order chi connectivity index (χ1) is 10.2. The second-order valence-electron chi connectivity index (χ2n) is 5.00. The highest BCUT2D eigenvalue weighted by molar-refractivity contribution is 6.31. The molecule has 2 aromatic carbocycles. The monoisotopic (exact) mass is 295 g/mol. The van der Waals surface area contributed by atoms with Crippen molar-refractivity contribution in [1.82, 2.24) is 4.98 Å². The van der Waals surface area contributed by atoms with Crippen molar-refractivity contribution in [2.75, 3.05) is 0 Å². The zero-order chi connectivity index (χ0) is 14.8. The summed E-state index contributed by atoms with van der Waals surface area (Å²) >= 11 is 6.09. The third-order valence-corrected chi connectivity index (χ3v) is 4.07. The molecule has 0 saturated heterocycles. The average Bonchev–Trinajstić information content (AvgIpc) is 2.50. The van der Waals surface area contributed by atoms with E-state index >= 15 is 0 Å². The number of rotatable bonds is 3. The van der Waals surface area contributed by atoms with Crippen LogP contribution in [0.4, 0.5) is 0 Å². The van der Waals surface area contributed by atoms with Gasteiger partial charge in [-0.15, -0.1) is 0 Å². The van der Waals surface area contributed by atoms with Crippen LogP contribution in [0.5, 0.6) is 0 Å². The number of pyridine rings is 1. The van der Waals surface area contributed by atoms with E-state index in [0.29, 0.717) is 17.0 Å². The Bertz CT molecular complexity index is 821. The number of carbonyl (C=O) groups is 1. The number of nitrogens with zero attached hydrogens (tertiary/aromatic N) is 1. The Morgan fingerprint density at radius 3 is 2.76 bits per heavy atom. The lowest BCUT2D eigenvalue weighted by molar-refractivity contribution is 0.0992. The maximum absolute atomic E-state index is 12.6.